The van der Waals surface area contributed by atoms with E-state index in [0.717, 1.165) is 48.5 Å². The first kappa shape index (κ1) is 28.0. The van der Waals surface area contributed by atoms with E-state index < -0.39 is 0 Å². The summed E-state index contributed by atoms with van der Waals surface area (Å²) >= 11 is 0. The SMILES string of the molecule is CCC(=O)c1oc2ccc(P)cc2c1/C=C/C=C(\O)CC1CCN(C(C)C)CC1.NCCC=O. The molecule has 0 saturated carbocycles. The molecule has 1 unspecified atom stereocenters. The standard InChI is InChI=1S/C24H32NO3P.C3H7NO/c1-4-22(27)24-20(21-15-19(29)8-9-23(21)28-24)7-5-6-18(26)14-17-10-12-25(13-11-17)16(2)3;4-2-1-3-5/h5-9,15-17,26H,4,10-14,29H2,1-3H3;3H,1-2,4H2/b7-5+,18-6-;. The predicted octanol–water partition coefficient (Wildman–Crippen LogP) is 5.03. The van der Waals surface area contributed by atoms with E-state index >= 15 is 0 Å². The molecule has 0 amide bonds. The summed E-state index contributed by atoms with van der Waals surface area (Å²) in [6.45, 7) is 8.99. The molecule has 186 valence electrons. The van der Waals surface area contributed by atoms with Crippen molar-refractivity contribution in [2.24, 2.45) is 11.7 Å². The van der Waals surface area contributed by atoms with E-state index in [-0.39, 0.29) is 5.78 Å². The Bertz CT molecular complexity index is 1000. The number of fused-ring (bicyclic) bond motifs is 1. The zero-order valence-electron chi connectivity index (χ0n) is 20.6. The van der Waals surface area contributed by atoms with E-state index in [1.807, 2.05) is 37.3 Å². The fourth-order valence-electron chi connectivity index (χ4n) is 4.03. The average Bonchev–Trinajstić information content (AvgIpc) is 3.17. The highest BCUT2D eigenvalue weighted by Gasteiger charge is 2.21. The molecule has 0 radical (unpaired) electrons. The number of furan rings is 1. The summed E-state index contributed by atoms with van der Waals surface area (Å²) < 4.78 is 5.82. The molecule has 1 fully saturated rings. The van der Waals surface area contributed by atoms with Gasteiger partial charge < -0.3 is 25.0 Å². The summed E-state index contributed by atoms with van der Waals surface area (Å²) in [6.07, 6.45) is 10.1. The molecule has 1 aromatic heterocycles. The van der Waals surface area contributed by atoms with Crippen LogP contribution < -0.4 is 11.0 Å². The number of aliphatic hydroxyl groups is 1. The number of allylic oxidation sites excluding steroid dienone is 3. The van der Waals surface area contributed by atoms with E-state index in [1.165, 1.54) is 0 Å². The van der Waals surface area contributed by atoms with Crippen LogP contribution in [-0.2, 0) is 4.79 Å². The number of hydrogen-bond acceptors (Lipinski definition) is 6. The number of nitrogens with zero attached hydrogens (tertiary/aromatic N) is 1. The predicted molar refractivity (Wildman–Crippen MR) is 144 cm³/mol. The summed E-state index contributed by atoms with van der Waals surface area (Å²) in [7, 11) is 2.67. The number of benzene rings is 1. The van der Waals surface area contributed by atoms with Gasteiger partial charge >= 0.3 is 0 Å². The van der Waals surface area contributed by atoms with Gasteiger partial charge in [0.1, 0.15) is 11.9 Å². The molecule has 7 heteroatoms. The zero-order valence-corrected chi connectivity index (χ0v) is 21.8. The Kier molecular flexibility index (Phi) is 11.7. The molecular weight excluding hydrogens is 447 g/mol. The normalized spacial score (nSPS) is 15.6. The van der Waals surface area contributed by atoms with Gasteiger partial charge in [0.2, 0.25) is 0 Å². The Labute approximate surface area is 205 Å². The number of nitrogens with two attached hydrogens (primary N) is 1. The number of piperidine rings is 1. The third kappa shape index (κ3) is 8.19. The molecule has 2 heterocycles. The molecule has 1 aromatic carbocycles. The number of hydrogen-bond donors (Lipinski definition) is 2. The van der Waals surface area contributed by atoms with Crippen LogP contribution in [0.4, 0.5) is 0 Å². The molecule has 34 heavy (non-hydrogen) atoms. The van der Waals surface area contributed by atoms with Crippen molar-refractivity contribution in [3.05, 3.63) is 47.4 Å². The smallest absolute Gasteiger partial charge is 0.198 e. The fraction of sp³-hybridized carbons (Fsp3) is 0.481. The van der Waals surface area contributed by atoms with Gasteiger partial charge in [-0.3, -0.25) is 4.79 Å². The average molecular weight is 487 g/mol. The lowest BCUT2D eigenvalue weighted by Gasteiger charge is -2.34. The quantitative estimate of drug-likeness (QED) is 0.170. The molecule has 1 atom stereocenters. The fourth-order valence-corrected chi connectivity index (χ4v) is 4.29. The highest BCUT2D eigenvalue weighted by Crippen LogP contribution is 2.29. The maximum atomic E-state index is 12.3. The topological polar surface area (TPSA) is 96.8 Å². The number of carbonyl (C=O) groups excluding carboxylic acids is 2. The third-order valence-electron chi connectivity index (χ3n) is 6.04. The third-order valence-corrected chi connectivity index (χ3v) is 6.40. The monoisotopic (exact) mass is 486 g/mol. The molecule has 2 aromatic rings. The van der Waals surface area contributed by atoms with Crippen LogP contribution in [0.1, 0.15) is 69.0 Å². The van der Waals surface area contributed by atoms with Crippen LogP contribution in [0.3, 0.4) is 0 Å². The zero-order chi connectivity index (χ0) is 25.1. The van der Waals surface area contributed by atoms with Crippen molar-refractivity contribution < 1.29 is 19.1 Å². The van der Waals surface area contributed by atoms with Crippen LogP contribution in [0.2, 0.25) is 0 Å². The molecule has 6 nitrogen and oxygen atoms in total. The van der Waals surface area contributed by atoms with E-state index in [2.05, 4.69) is 28.0 Å². The minimum Gasteiger partial charge on any atom is -0.512 e. The maximum Gasteiger partial charge on any atom is 0.198 e. The van der Waals surface area contributed by atoms with Gasteiger partial charge in [-0.1, -0.05) is 25.1 Å². The summed E-state index contributed by atoms with van der Waals surface area (Å²) in [4.78, 5) is 24.1. The van der Waals surface area contributed by atoms with Crippen LogP contribution >= 0.6 is 9.24 Å². The second-order valence-electron chi connectivity index (χ2n) is 8.92. The van der Waals surface area contributed by atoms with Crippen molar-refractivity contribution in [1.82, 2.24) is 4.90 Å². The van der Waals surface area contributed by atoms with Crippen molar-refractivity contribution in [1.29, 1.82) is 0 Å². The van der Waals surface area contributed by atoms with Crippen LogP contribution in [-0.4, -0.2) is 47.8 Å². The first-order chi connectivity index (χ1) is 16.3. The maximum absolute atomic E-state index is 12.3. The second-order valence-corrected chi connectivity index (χ2v) is 9.58. The summed E-state index contributed by atoms with van der Waals surface area (Å²) in [5.74, 6) is 1.30. The van der Waals surface area contributed by atoms with Gasteiger partial charge in [-0.25, -0.2) is 0 Å². The van der Waals surface area contributed by atoms with E-state index in [0.29, 0.717) is 54.9 Å². The molecule has 3 N–H and O–H groups in total. The van der Waals surface area contributed by atoms with Crippen LogP contribution in [0.15, 0.2) is 40.5 Å². The molecular formula is C27H39N2O4P. The minimum atomic E-state index is -0.0173. The van der Waals surface area contributed by atoms with Crippen LogP contribution in [0.5, 0.6) is 0 Å². The lowest BCUT2D eigenvalue weighted by Crippen LogP contribution is -2.38. The first-order valence-electron chi connectivity index (χ1n) is 12.1. The highest BCUT2D eigenvalue weighted by atomic mass is 31.0. The Morgan fingerprint density at radius 3 is 2.59 bits per heavy atom. The summed E-state index contributed by atoms with van der Waals surface area (Å²) in [5.41, 5.74) is 6.40. The van der Waals surface area contributed by atoms with E-state index in [9.17, 15) is 14.7 Å². The van der Waals surface area contributed by atoms with Gasteiger partial charge in [0.25, 0.3) is 0 Å². The molecule has 1 aliphatic heterocycles. The number of aliphatic hydroxyl groups excluding tert-OH is 1. The lowest BCUT2D eigenvalue weighted by molar-refractivity contribution is -0.107. The first-order valence-corrected chi connectivity index (χ1v) is 12.7. The highest BCUT2D eigenvalue weighted by molar-refractivity contribution is 7.27. The van der Waals surface area contributed by atoms with Crippen molar-refractivity contribution >= 4 is 43.7 Å². The van der Waals surface area contributed by atoms with E-state index in [4.69, 9.17) is 10.2 Å². The number of ketones is 1. The molecule has 1 saturated heterocycles. The summed E-state index contributed by atoms with van der Waals surface area (Å²) in [6, 6.07) is 6.43. The number of carbonyl (C=O) groups is 2. The molecule has 0 bridgehead atoms. The molecule has 0 aliphatic carbocycles. The van der Waals surface area contributed by atoms with Gasteiger partial charge in [0.15, 0.2) is 11.5 Å². The van der Waals surface area contributed by atoms with Gasteiger partial charge in [0.05, 0.1) is 5.76 Å². The number of Topliss-reactive ketones (excluding diaryl/α,β-unsaturated/α-hetero) is 1. The Morgan fingerprint density at radius 2 is 2.03 bits per heavy atom. The number of aldehydes is 1. The largest absolute Gasteiger partial charge is 0.512 e. The van der Waals surface area contributed by atoms with Gasteiger partial charge in [-0.05, 0) is 75.8 Å². The van der Waals surface area contributed by atoms with Crippen molar-refractivity contribution in [3.63, 3.8) is 0 Å². The van der Waals surface area contributed by atoms with Crippen molar-refractivity contribution in [3.8, 4) is 0 Å². The Morgan fingerprint density at radius 1 is 1.32 bits per heavy atom. The van der Waals surface area contributed by atoms with Gasteiger partial charge in [0, 0.05) is 36.3 Å². The van der Waals surface area contributed by atoms with Gasteiger partial charge in [-0.15, -0.1) is 9.24 Å². The molecule has 1 aliphatic rings. The van der Waals surface area contributed by atoms with Crippen molar-refractivity contribution in [2.75, 3.05) is 19.6 Å². The Hall–Kier alpha value is -2.27. The lowest BCUT2D eigenvalue weighted by atomic mass is 9.92. The second kappa shape index (κ2) is 14.2. The number of likely N-dealkylation sites (tertiary alicyclic amines) is 1. The summed E-state index contributed by atoms with van der Waals surface area (Å²) in [5, 5.41) is 12.3. The number of rotatable bonds is 9. The van der Waals surface area contributed by atoms with Crippen molar-refractivity contribution in [2.45, 2.75) is 58.9 Å². The minimum absolute atomic E-state index is 0.0173. The van der Waals surface area contributed by atoms with Crippen LogP contribution in [0.25, 0.3) is 17.0 Å². The van der Waals surface area contributed by atoms with E-state index in [1.54, 1.807) is 6.08 Å². The van der Waals surface area contributed by atoms with Crippen LogP contribution in [0, 0.1) is 5.92 Å². The molecule has 0 spiro atoms. The Balaban J connectivity index is 0.000000739. The van der Waals surface area contributed by atoms with Gasteiger partial charge in [-0.2, -0.15) is 0 Å². The molecule has 3 rings (SSSR count).